The van der Waals surface area contributed by atoms with Crippen LogP contribution >= 0.6 is 0 Å². The predicted molar refractivity (Wildman–Crippen MR) is 88.4 cm³/mol. The van der Waals surface area contributed by atoms with Gasteiger partial charge in [0.15, 0.2) is 0 Å². The summed E-state index contributed by atoms with van der Waals surface area (Å²) < 4.78 is 0. The maximum absolute atomic E-state index is 5.81. The molecule has 0 aromatic carbocycles. The fourth-order valence-electron chi connectivity index (χ4n) is 3.62. The Hall–Kier alpha value is -1.13. The molecule has 0 spiro atoms. The fraction of sp³-hybridized carbons (Fsp3) is 0.706. The van der Waals surface area contributed by atoms with Crippen LogP contribution in [0.25, 0.3) is 0 Å². The van der Waals surface area contributed by atoms with Gasteiger partial charge in [0, 0.05) is 12.2 Å². The van der Waals surface area contributed by atoms with Crippen LogP contribution in [0.1, 0.15) is 52.0 Å². The highest BCUT2D eigenvalue weighted by atomic mass is 15.2. The van der Waals surface area contributed by atoms with Crippen LogP contribution in [0, 0.1) is 17.3 Å². The van der Waals surface area contributed by atoms with E-state index < -0.39 is 0 Å². The number of hydrazine groups is 1. The summed E-state index contributed by atoms with van der Waals surface area (Å²) in [7, 11) is 0. The number of hydrogen-bond donors (Lipinski definition) is 3. The van der Waals surface area contributed by atoms with Crippen LogP contribution in [0.5, 0.6) is 0 Å². The summed E-state index contributed by atoms with van der Waals surface area (Å²) in [5.41, 5.74) is 10.4. The molecule has 0 radical (unpaired) electrons. The molecule has 2 rings (SSSR count). The number of nitrogens with one attached hydrogen (secondary N) is 1. The van der Waals surface area contributed by atoms with Crippen molar-refractivity contribution >= 4 is 5.82 Å². The summed E-state index contributed by atoms with van der Waals surface area (Å²) >= 11 is 0. The Morgan fingerprint density at radius 2 is 1.95 bits per heavy atom. The van der Waals surface area contributed by atoms with Gasteiger partial charge in [-0.1, -0.05) is 20.8 Å². The third-order valence-corrected chi connectivity index (χ3v) is 5.08. The summed E-state index contributed by atoms with van der Waals surface area (Å²) in [6, 6.07) is 4.31. The molecule has 1 unspecified atom stereocenters. The predicted octanol–water partition coefficient (Wildman–Crippen LogP) is 2.89. The molecule has 1 atom stereocenters. The van der Waals surface area contributed by atoms with Gasteiger partial charge in [-0.05, 0) is 67.1 Å². The molecule has 1 aliphatic carbocycles. The van der Waals surface area contributed by atoms with E-state index >= 15 is 0 Å². The normalized spacial score (nSPS) is 24.8. The molecule has 1 saturated carbocycles. The van der Waals surface area contributed by atoms with Gasteiger partial charge in [-0.2, -0.15) is 0 Å². The summed E-state index contributed by atoms with van der Waals surface area (Å²) in [5, 5.41) is 0. The lowest BCUT2D eigenvalue weighted by atomic mass is 9.68. The molecular weight excluding hydrogens is 260 g/mol. The minimum absolute atomic E-state index is 0.327. The number of pyridine rings is 1. The summed E-state index contributed by atoms with van der Waals surface area (Å²) in [6.45, 7) is 7.07. The minimum atomic E-state index is 0.327. The molecule has 1 aliphatic rings. The topological polar surface area (TPSA) is 77.0 Å². The molecule has 5 N–H and O–H groups in total. The monoisotopic (exact) mass is 290 g/mol. The molecule has 1 aromatic heterocycles. The van der Waals surface area contributed by atoms with Gasteiger partial charge < -0.3 is 5.73 Å². The van der Waals surface area contributed by atoms with Crippen molar-refractivity contribution in [1.29, 1.82) is 0 Å². The van der Waals surface area contributed by atoms with Crippen molar-refractivity contribution in [3.63, 3.8) is 0 Å². The van der Waals surface area contributed by atoms with Crippen molar-refractivity contribution in [3.8, 4) is 0 Å². The molecule has 0 saturated heterocycles. The van der Waals surface area contributed by atoms with Gasteiger partial charge in [-0.3, -0.25) is 11.3 Å². The van der Waals surface area contributed by atoms with E-state index in [1.165, 1.54) is 31.2 Å². The van der Waals surface area contributed by atoms with E-state index in [9.17, 15) is 0 Å². The van der Waals surface area contributed by atoms with E-state index in [0.29, 0.717) is 23.2 Å². The summed E-state index contributed by atoms with van der Waals surface area (Å²) in [6.07, 6.45) is 7.84. The van der Waals surface area contributed by atoms with Gasteiger partial charge >= 0.3 is 0 Å². The van der Waals surface area contributed by atoms with Crippen LogP contribution in [0.15, 0.2) is 18.3 Å². The van der Waals surface area contributed by atoms with Gasteiger partial charge in [-0.15, -0.1) is 0 Å². The Morgan fingerprint density at radius 3 is 2.48 bits per heavy atom. The van der Waals surface area contributed by atoms with Crippen LogP contribution in [0.3, 0.4) is 0 Å². The Labute approximate surface area is 128 Å². The van der Waals surface area contributed by atoms with Crippen molar-refractivity contribution in [2.45, 2.75) is 58.9 Å². The standard InChI is InChI=1S/C17H30N4/c1-17(2,3)14-6-4-13(5-7-14)15(21-19)10-12-8-9-20-16(18)11-12/h8-9,11,13-15,21H,4-7,10,19H2,1-3H3,(H2,18,20). The number of aromatic nitrogens is 1. The molecule has 0 aliphatic heterocycles. The highest BCUT2D eigenvalue weighted by Gasteiger charge is 2.32. The van der Waals surface area contributed by atoms with E-state index in [-0.39, 0.29) is 0 Å². The first kappa shape index (κ1) is 16.2. The number of nitrogen functional groups attached to an aromatic ring is 1. The van der Waals surface area contributed by atoms with Gasteiger partial charge in [0.1, 0.15) is 5.82 Å². The maximum atomic E-state index is 5.81. The van der Waals surface area contributed by atoms with Crippen molar-refractivity contribution in [3.05, 3.63) is 23.9 Å². The van der Waals surface area contributed by atoms with Crippen molar-refractivity contribution in [1.82, 2.24) is 10.4 Å². The number of hydrogen-bond acceptors (Lipinski definition) is 4. The molecule has 1 aromatic rings. The van der Waals surface area contributed by atoms with E-state index in [0.717, 1.165) is 12.3 Å². The van der Waals surface area contributed by atoms with Crippen molar-refractivity contribution in [2.24, 2.45) is 23.1 Å². The Balaban J connectivity index is 1.94. The highest BCUT2D eigenvalue weighted by molar-refractivity contribution is 5.32. The average molecular weight is 290 g/mol. The molecular formula is C17H30N4. The first-order valence-electron chi connectivity index (χ1n) is 8.06. The van der Waals surface area contributed by atoms with E-state index in [2.05, 4.69) is 31.2 Å². The van der Waals surface area contributed by atoms with E-state index in [1.807, 2.05) is 12.1 Å². The molecule has 21 heavy (non-hydrogen) atoms. The van der Waals surface area contributed by atoms with Gasteiger partial charge in [0.05, 0.1) is 0 Å². The number of rotatable bonds is 4. The average Bonchev–Trinajstić information content (AvgIpc) is 2.44. The Morgan fingerprint density at radius 1 is 1.29 bits per heavy atom. The molecule has 0 amide bonds. The molecule has 4 heteroatoms. The van der Waals surface area contributed by atoms with E-state index in [4.69, 9.17) is 11.6 Å². The highest BCUT2D eigenvalue weighted by Crippen LogP contribution is 2.40. The van der Waals surface area contributed by atoms with Gasteiger partial charge in [-0.25, -0.2) is 4.98 Å². The van der Waals surface area contributed by atoms with Crippen LogP contribution in [0.2, 0.25) is 0 Å². The second-order valence-electron chi connectivity index (χ2n) is 7.54. The Kier molecular flexibility index (Phi) is 5.22. The van der Waals surface area contributed by atoms with Crippen molar-refractivity contribution < 1.29 is 0 Å². The summed E-state index contributed by atoms with van der Waals surface area (Å²) in [5.74, 6) is 7.89. The third kappa shape index (κ3) is 4.42. The molecule has 0 bridgehead atoms. The number of nitrogens with zero attached hydrogens (tertiary/aromatic N) is 1. The zero-order valence-electron chi connectivity index (χ0n) is 13.6. The van der Waals surface area contributed by atoms with Crippen LogP contribution in [-0.4, -0.2) is 11.0 Å². The quantitative estimate of drug-likeness (QED) is 0.588. The third-order valence-electron chi connectivity index (χ3n) is 5.08. The zero-order valence-corrected chi connectivity index (χ0v) is 13.6. The number of anilines is 1. The van der Waals surface area contributed by atoms with E-state index in [1.54, 1.807) is 6.20 Å². The van der Waals surface area contributed by atoms with Crippen molar-refractivity contribution in [2.75, 3.05) is 5.73 Å². The minimum Gasteiger partial charge on any atom is -0.384 e. The van der Waals surface area contributed by atoms with Gasteiger partial charge in [0.25, 0.3) is 0 Å². The van der Waals surface area contributed by atoms with Crippen LogP contribution < -0.4 is 17.0 Å². The molecule has 1 fully saturated rings. The SMILES string of the molecule is CC(C)(C)C1CCC(C(Cc2ccnc(N)c2)NN)CC1. The maximum Gasteiger partial charge on any atom is 0.123 e. The lowest BCUT2D eigenvalue weighted by Crippen LogP contribution is -2.44. The number of nitrogens with two attached hydrogens (primary N) is 2. The fourth-order valence-corrected chi connectivity index (χ4v) is 3.62. The first-order chi connectivity index (χ1) is 9.90. The molecule has 118 valence electrons. The second-order valence-corrected chi connectivity index (χ2v) is 7.54. The molecule has 4 nitrogen and oxygen atoms in total. The lowest BCUT2D eigenvalue weighted by Gasteiger charge is -2.39. The second kappa shape index (κ2) is 6.75. The smallest absolute Gasteiger partial charge is 0.123 e. The zero-order chi connectivity index (χ0) is 15.5. The lowest BCUT2D eigenvalue weighted by molar-refractivity contribution is 0.132. The summed E-state index contributed by atoms with van der Waals surface area (Å²) in [4.78, 5) is 4.05. The molecule has 1 heterocycles. The van der Waals surface area contributed by atoms with Gasteiger partial charge in [0.2, 0.25) is 0 Å². The van der Waals surface area contributed by atoms with Crippen LogP contribution in [-0.2, 0) is 6.42 Å². The Bertz CT molecular complexity index is 444. The first-order valence-corrected chi connectivity index (χ1v) is 8.06. The van der Waals surface area contributed by atoms with Crippen LogP contribution in [0.4, 0.5) is 5.82 Å². The largest absolute Gasteiger partial charge is 0.384 e.